The lowest BCUT2D eigenvalue weighted by Gasteiger charge is -2.34. The molecule has 0 unspecified atom stereocenters. The van der Waals surface area contributed by atoms with Gasteiger partial charge in [0.25, 0.3) is 0 Å². The van der Waals surface area contributed by atoms with Crippen LogP contribution in [0.15, 0.2) is 16.5 Å². The minimum atomic E-state index is 0.0769. The summed E-state index contributed by atoms with van der Waals surface area (Å²) in [5.74, 6) is 1.74. The highest BCUT2D eigenvalue weighted by Gasteiger charge is 2.24. The van der Waals surface area contributed by atoms with E-state index in [9.17, 15) is 9.90 Å². The molecule has 0 saturated heterocycles. The van der Waals surface area contributed by atoms with Crippen molar-refractivity contribution in [2.75, 3.05) is 26.7 Å². The van der Waals surface area contributed by atoms with E-state index in [1.165, 1.54) is 19.3 Å². The number of carbonyl (C=O) groups excluding carboxylic acids is 1. The Morgan fingerprint density at radius 1 is 1.32 bits per heavy atom. The Morgan fingerprint density at radius 2 is 2.05 bits per heavy atom. The minimum absolute atomic E-state index is 0.0769. The minimum Gasteiger partial charge on any atom is -0.464 e. The average molecular weight is 308 g/mol. The number of rotatable bonds is 7. The fourth-order valence-electron chi connectivity index (χ4n) is 3.15. The van der Waals surface area contributed by atoms with Gasteiger partial charge in [0.2, 0.25) is 5.91 Å². The topological polar surface area (TPSA) is 56.9 Å². The smallest absolute Gasteiger partial charge is 0.236 e. The summed E-state index contributed by atoms with van der Waals surface area (Å²) >= 11 is 0. The van der Waals surface area contributed by atoms with Crippen LogP contribution in [0.3, 0.4) is 0 Å². The molecule has 1 saturated carbocycles. The van der Waals surface area contributed by atoms with Gasteiger partial charge in [-0.2, -0.15) is 0 Å². The molecule has 0 bridgehead atoms. The summed E-state index contributed by atoms with van der Waals surface area (Å²) in [6.07, 6.45) is 6.00. The van der Waals surface area contributed by atoms with Crippen molar-refractivity contribution < 1.29 is 14.3 Å². The van der Waals surface area contributed by atoms with Crippen LogP contribution >= 0.6 is 0 Å². The second-order valence-corrected chi connectivity index (χ2v) is 6.25. The summed E-state index contributed by atoms with van der Waals surface area (Å²) in [4.78, 5) is 16.3. The van der Waals surface area contributed by atoms with Crippen molar-refractivity contribution in [2.24, 2.45) is 0 Å². The first-order valence-electron chi connectivity index (χ1n) is 8.24. The van der Waals surface area contributed by atoms with Crippen LogP contribution in [0.4, 0.5) is 0 Å². The van der Waals surface area contributed by atoms with Crippen molar-refractivity contribution in [3.05, 3.63) is 23.7 Å². The molecule has 2 rings (SSSR count). The maximum atomic E-state index is 12.4. The fourth-order valence-corrected chi connectivity index (χ4v) is 3.15. The molecule has 0 radical (unpaired) electrons. The molecule has 1 aromatic heterocycles. The quantitative estimate of drug-likeness (QED) is 0.839. The van der Waals surface area contributed by atoms with E-state index in [0.717, 1.165) is 24.4 Å². The van der Waals surface area contributed by atoms with Crippen LogP contribution in [0.2, 0.25) is 0 Å². The number of amides is 1. The number of aliphatic hydroxyl groups is 1. The standard InChI is InChI=1S/C17H28N2O3/c1-14-8-9-16(22-14)12-18(2)17(21)13-19(10-11-20)15-6-4-3-5-7-15/h8-9,15,20H,3-7,10-13H2,1-2H3. The monoisotopic (exact) mass is 308 g/mol. The third-order valence-electron chi connectivity index (χ3n) is 4.43. The van der Waals surface area contributed by atoms with Gasteiger partial charge in [0.05, 0.1) is 19.7 Å². The van der Waals surface area contributed by atoms with Crippen molar-refractivity contribution >= 4 is 5.91 Å². The summed E-state index contributed by atoms with van der Waals surface area (Å²) in [5.41, 5.74) is 0. The number of nitrogens with zero attached hydrogens (tertiary/aromatic N) is 2. The first-order chi connectivity index (χ1) is 10.6. The number of hydrogen-bond acceptors (Lipinski definition) is 4. The Morgan fingerprint density at radius 3 is 2.64 bits per heavy atom. The molecular weight excluding hydrogens is 280 g/mol. The highest BCUT2D eigenvalue weighted by molar-refractivity contribution is 5.78. The highest BCUT2D eigenvalue weighted by Crippen LogP contribution is 2.22. The number of hydrogen-bond donors (Lipinski definition) is 1. The second-order valence-electron chi connectivity index (χ2n) is 6.25. The molecule has 1 heterocycles. The molecular formula is C17H28N2O3. The summed E-state index contributed by atoms with van der Waals surface area (Å²) < 4.78 is 5.53. The Labute approximate surface area is 132 Å². The number of aryl methyl sites for hydroxylation is 1. The van der Waals surface area contributed by atoms with E-state index < -0.39 is 0 Å². The van der Waals surface area contributed by atoms with Crippen molar-refractivity contribution in [3.8, 4) is 0 Å². The zero-order chi connectivity index (χ0) is 15.9. The van der Waals surface area contributed by atoms with E-state index in [4.69, 9.17) is 4.42 Å². The van der Waals surface area contributed by atoms with Gasteiger partial charge in [-0.15, -0.1) is 0 Å². The van der Waals surface area contributed by atoms with E-state index in [-0.39, 0.29) is 12.5 Å². The van der Waals surface area contributed by atoms with Gasteiger partial charge >= 0.3 is 0 Å². The van der Waals surface area contributed by atoms with Gasteiger partial charge in [-0.25, -0.2) is 0 Å². The average Bonchev–Trinajstić information content (AvgIpc) is 2.92. The van der Waals surface area contributed by atoms with Crippen molar-refractivity contribution in [1.29, 1.82) is 0 Å². The van der Waals surface area contributed by atoms with Crippen LogP contribution in [0, 0.1) is 6.92 Å². The number of aliphatic hydroxyl groups excluding tert-OH is 1. The summed E-state index contributed by atoms with van der Waals surface area (Å²) in [5, 5.41) is 9.28. The van der Waals surface area contributed by atoms with Crippen LogP contribution in [-0.4, -0.2) is 53.6 Å². The van der Waals surface area contributed by atoms with Gasteiger partial charge < -0.3 is 14.4 Å². The highest BCUT2D eigenvalue weighted by atomic mass is 16.3. The summed E-state index contributed by atoms with van der Waals surface area (Å²) in [6.45, 7) is 3.44. The van der Waals surface area contributed by atoms with Crippen molar-refractivity contribution in [3.63, 3.8) is 0 Å². The molecule has 1 aliphatic rings. The molecule has 0 spiro atoms. The zero-order valence-corrected chi connectivity index (χ0v) is 13.8. The van der Waals surface area contributed by atoms with E-state index in [1.54, 1.807) is 11.9 Å². The van der Waals surface area contributed by atoms with Gasteiger partial charge in [0, 0.05) is 19.6 Å². The van der Waals surface area contributed by atoms with Gasteiger partial charge in [-0.05, 0) is 31.9 Å². The molecule has 22 heavy (non-hydrogen) atoms. The largest absolute Gasteiger partial charge is 0.464 e. The predicted octanol–water partition coefficient (Wildman–Crippen LogP) is 2.17. The second kappa shape index (κ2) is 8.34. The lowest BCUT2D eigenvalue weighted by atomic mass is 9.94. The van der Waals surface area contributed by atoms with E-state index in [2.05, 4.69) is 4.90 Å². The van der Waals surface area contributed by atoms with Crippen molar-refractivity contribution in [2.45, 2.75) is 51.6 Å². The first-order valence-corrected chi connectivity index (χ1v) is 8.24. The number of likely N-dealkylation sites (N-methyl/N-ethyl adjacent to an activating group) is 1. The molecule has 5 heteroatoms. The maximum absolute atomic E-state index is 12.4. The summed E-state index contributed by atoms with van der Waals surface area (Å²) in [6, 6.07) is 4.25. The molecule has 0 aliphatic heterocycles. The molecule has 0 atom stereocenters. The first kappa shape index (κ1) is 17.0. The predicted molar refractivity (Wildman–Crippen MR) is 85.5 cm³/mol. The number of furan rings is 1. The maximum Gasteiger partial charge on any atom is 0.236 e. The molecule has 1 aromatic rings. The van der Waals surface area contributed by atoms with Gasteiger partial charge in [-0.1, -0.05) is 19.3 Å². The molecule has 1 fully saturated rings. The molecule has 1 aliphatic carbocycles. The third kappa shape index (κ3) is 4.85. The Balaban J connectivity index is 1.88. The molecule has 1 amide bonds. The summed E-state index contributed by atoms with van der Waals surface area (Å²) in [7, 11) is 1.80. The van der Waals surface area contributed by atoms with E-state index in [1.807, 2.05) is 19.1 Å². The fraction of sp³-hybridized carbons (Fsp3) is 0.706. The Bertz CT molecular complexity index is 466. The van der Waals surface area contributed by atoms with Crippen LogP contribution in [0.25, 0.3) is 0 Å². The Hall–Kier alpha value is -1.33. The van der Waals surface area contributed by atoms with Crippen molar-refractivity contribution in [1.82, 2.24) is 9.80 Å². The van der Waals surface area contributed by atoms with E-state index in [0.29, 0.717) is 25.7 Å². The van der Waals surface area contributed by atoms with E-state index >= 15 is 0 Å². The van der Waals surface area contributed by atoms with Gasteiger partial charge in [0.15, 0.2) is 0 Å². The Kier molecular flexibility index (Phi) is 6.46. The lowest BCUT2D eigenvalue weighted by Crippen LogP contribution is -2.45. The molecule has 0 aromatic carbocycles. The normalized spacial score (nSPS) is 16.2. The van der Waals surface area contributed by atoms with Gasteiger partial charge in [0.1, 0.15) is 11.5 Å². The third-order valence-corrected chi connectivity index (χ3v) is 4.43. The molecule has 124 valence electrons. The molecule has 1 N–H and O–H groups in total. The lowest BCUT2D eigenvalue weighted by molar-refractivity contribution is -0.132. The van der Waals surface area contributed by atoms with Crippen LogP contribution in [0.1, 0.15) is 43.6 Å². The van der Waals surface area contributed by atoms with Gasteiger partial charge in [-0.3, -0.25) is 9.69 Å². The van der Waals surface area contributed by atoms with Crippen LogP contribution < -0.4 is 0 Å². The van der Waals surface area contributed by atoms with Crippen LogP contribution in [0.5, 0.6) is 0 Å². The van der Waals surface area contributed by atoms with Crippen LogP contribution in [-0.2, 0) is 11.3 Å². The molecule has 5 nitrogen and oxygen atoms in total. The zero-order valence-electron chi connectivity index (χ0n) is 13.8. The number of carbonyl (C=O) groups is 1. The SMILES string of the molecule is Cc1ccc(CN(C)C(=O)CN(CCO)C2CCCCC2)o1.